The highest BCUT2D eigenvalue weighted by atomic mass is 32.2. The predicted molar refractivity (Wildman–Crippen MR) is 78.0 cm³/mol. The number of nitrogens with zero attached hydrogens (tertiary/aromatic N) is 1. The number of aryl methyl sites for hydroxylation is 1. The van der Waals surface area contributed by atoms with E-state index in [2.05, 4.69) is 21.5 Å². The van der Waals surface area contributed by atoms with Crippen molar-refractivity contribution in [3.63, 3.8) is 0 Å². The van der Waals surface area contributed by atoms with Gasteiger partial charge in [0.05, 0.1) is 22.5 Å². The number of benzene rings is 1. The Morgan fingerprint density at radius 1 is 1.48 bits per heavy atom. The van der Waals surface area contributed by atoms with E-state index in [0.29, 0.717) is 5.01 Å². The molecule has 5 nitrogen and oxygen atoms in total. The van der Waals surface area contributed by atoms with Crippen LogP contribution >= 0.6 is 11.3 Å². The largest absolute Gasteiger partial charge is 0.384 e. The first kappa shape index (κ1) is 15.4. The zero-order valence-electron chi connectivity index (χ0n) is 10.9. The number of anilines is 1. The Morgan fingerprint density at radius 2 is 2.24 bits per heavy atom. The molecule has 8 heteroatoms. The van der Waals surface area contributed by atoms with Gasteiger partial charge in [0.1, 0.15) is 12.4 Å². The van der Waals surface area contributed by atoms with Crippen molar-refractivity contribution in [2.75, 3.05) is 11.3 Å². The fourth-order valence-corrected chi connectivity index (χ4v) is 3.65. The van der Waals surface area contributed by atoms with Crippen molar-refractivity contribution in [3.8, 4) is 11.8 Å². The van der Waals surface area contributed by atoms with Gasteiger partial charge in [-0.2, -0.15) is 0 Å². The molecule has 0 radical (unpaired) electrons. The van der Waals surface area contributed by atoms with Crippen LogP contribution in [0.2, 0.25) is 0 Å². The number of hydrogen-bond acceptors (Lipinski definition) is 5. The van der Waals surface area contributed by atoms with Crippen molar-refractivity contribution < 1.29 is 17.9 Å². The number of hydrogen-bond donors (Lipinski definition) is 2. The molecule has 0 saturated heterocycles. The molecule has 0 bridgehead atoms. The van der Waals surface area contributed by atoms with Gasteiger partial charge in [0.15, 0.2) is 4.21 Å². The van der Waals surface area contributed by atoms with Crippen LogP contribution in [-0.2, 0) is 10.0 Å². The lowest BCUT2D eigenvalue weighted by atomic mass is 10.2. The highest BCUT2D eigenvalue weighted by molar-refractivity contribution is 7.94. The molecule has 2 rings (SSSR count). The zero-order valence-corrected chi connectivity index (χ0v) is 12.6. The molecular weight excluding hydrogens is 315 g/mol. The fraction of sp³-hybridized carbons (Fsp3) is 0.154. The van der Waals surface area contributed by atoms with E-state index in [1.54, 1.807) is 6.92 Å². The average Bonchev–Trinajstić information content (AvgIpc) is 2.86. The highest BCUT2D eigenvalue weighted by Gasteiger charge is 2.17. The van der Waals surface area contributed by atoms with E-state index in [9.17, 15) is 12.8 Å². The molecule has 1 aromatic carbocycles. The standard InChI is InChI=1S/C13H11FN2O3S2/c1-9-15-8-13(20-9)21(18,19)16-11-4-5-12(14)10(7-11)3-2-6-17/h4-5,7-8,16-17H,6H2,1H3. The average molecular weight is 326 g/mol. The molecule has 0 saturated carbocycles. The molecule has 0 atom stereocenters. The van der Waals surface area contributed by atoms with Crippen molar-refractivity contribution in [2.45, 2.75) is 11.1 Å². The van der Waals surface area contributed by atoms with Gasteiger partial charge >= 0.3 is 0 Å². The first-order valence-corrected chi connectivity index (χ1v) is 8.07. The van der Waals surface area contributed by atoms with Gasteiger partial charge in [-0.1, -0.05) is 11.8 Å². The Labute approximate surface area is 125 Å². The zero-order chi connectivity index (χ0) is 15.5. The summed E-state index contributed by atoms with van der Waals surface area (Å²) in [6.45, 7) is 1.29. The Bertz CT molecular complexity index is 819. The monoisotopic (exact) mass is 326 g/mol. The third kappa shape index (κ3) is 3.78. The van der Waals surface area contributed by atoms with Crippen LogP contribution in [0.15, 0.2) is 28.6 Å². The molecule has 0 aliphatic carbocycles. The van der Waals surface area contributed by atoms with Crippen LogP contribution in [0.25, 0.3) is 0 Å². The highest BCUT2D eigenvalue weighted by Crippen LogP contribution is 2.22. The molecule has 2 N–H and O–H groups in total. The summed E-state index contributed by atoms with van der Waals surface area (Å²) in [4.78, 5) is 3.89. The van der Waals surface area contributed by atoms with Crippen LogP contribution in [0.4, 0.5) is 10.1 Å². The van der Waals surface area contributed by atoms with E-state index in [1.807, 2.05) is 0 Å². The number of aliphatic hydroxyl groups excluding tert-OH is 1. The molecule has 2 aromatic rings. The van der Waals surface area contributed by atoms with Gasteiger partial charge in [-0.25, -0.2) is 17.8 Å². The lowest BCUT2D eigenvalue weighted by molar-refractivity contribution is 0.350. The number of sulfonamides is 1. The van der Waals surface area contributed by atoms with Crippen LogP contribution in [0, 0.1) is 24.6 Å². The van der Waals surface area contributed by atoms with E-state index in [0.717, 1.165) is 17.4 Å². The second-order valence-corrected chi connectivity index (χ2v) is 7.10. The lowest BCUT2D eigenvalue weighted by Crippen LogP contribution is -2.11. The number of rotatable bonds is 3. The van der Waals surface area contributed by atoms with Crippen molar-refractivity contribution in [1.82, 2.24) is 4.98 Å². The van der Waals surface area contributed by atoms with Crippen molar-refractivity contribution >= 4 is 27.0 Å². The van der Waals surface area contributed by atoms with Crippen LogP contribution < -0.4 is 4.72 Å². The molecule has 1 heterocycles. The van der Waals surface area contributed by atoms with Crippen LogP contribution in [0.5, 0.6) is 0 Å². The second kappa shape index (κ2) is 6.22. The number of aromatic nitrogens is 1. The predicted octanol–water partition coefficient (Wildman–Crippen LogP) is 1.74. The maximum absolute atomic E-state index is 13.5. The van der Waals surface area contributed by atoms with Gasteiger partial charge in [-0.3, -0.25) is 4.72 Å². The maximum Gasteiger partial charge on any atom is 0.273 e. The molecule has 0 unspecified atom stereocenters. The summed E-state index contributed by atoms with van der Waals surface area (Å²) in [7, 11) is -3.76. The molecule has 0 spiro atoms. The normalized spacial score (nSPS) is 10.8. The summed E-state index contributed by atoms with van der Waals surface area (Å²) in [6, 6.07) is 3.67. The van der Waals surface area contributed by atoms with Crippen LogP contribution in [0.3, 0.4) is 0 Å². The van der Waals surface area contributed by atoms with Crippen molar-refractivity contribution in [2.24, 2.45) is 0 Å². The number of nitrogens with one attached hydrogen (secondary N) is 1. The summed E-state index contributed by atoms with van der Waals surface area (Å²) >= 11 is 1.04. The van der Waals surface area contributed by atoms with Gasteiger partial charge in [-0.05, 0) is 25.1 Å². The smallest absolute Gasteiger partial charge is 0.273 e. The molecule has 21 heavy (non-hydrogen) atoms. The van der Waals surface area contributed by atoms with Crippen LogP contribution in [-0.4, -0.2) is 25.1 Å². The summed E-state index contributed by atoms with van der Waals surface area (Å²) in [5.41, 5.74) is 0.189. The lowest BCUT2D eigenvalue weighted by Gasteiger charge is -2.06. The Kier molecular flexibility index (Phi) is 4.57. The topological polar surface area (TPSA) is 79.3 Å². The first-order valence-electron chi connectivity index (χ1n) is 5.77. The minimum Gasteiger partial charge on any atom is -0.384 e. The minimum absolute atomic E-state index is 0.00438. The molecular formula is C13H11FN2O3S2. The summed E-state index contributed by atoms with van der Waals surface area (Å²) < 4.78 is 40.1. The first-order chi connectivity index (χ1) is 9.92. The number of thiazole rings is 1. The number of aliphatic hydroxyl groups is 1. The molecule has 110 valence electrons. The second-order valence-electron chi connectivity index (χ2n) is 3.96. The van der Waals surface area contributed by atoms with Gasteiger partial charge in [0, 0.05) is 0 Å². The Hall–Kier alpha value is -1.95. The SMILES string of the molecule is Cc1ncc(S(=O)(=O)Nc2ccc(F)c(C#CCO)c2)s1. The van der Waals surface area contributed by atoms with Gasteiger partial charge in [0.25, 0.3) is 10.0 Å². The number of halogens is 1. The molecule has 0 aliphatic heterocycles. The summed E-state index contributed by atoms with van der Waals surface area (Å²) in [5, 5.41) is 9.24. The van der Waals surface area contributed by atoms with E-state index in [4.69, 9.17) is 5.11 Å². The molecule has 0 aliphatic rings. The Morgan fingerprint density at radius 3 is 2.86 bits per heavy atom. The maximum atomic E-state index is 13.5. The summed E-state index contributed by atoms with van der Waals surface area (Å²) in [6.07, 6.45) is 1.26. The van der Waals surface area contributed by atoms with Gasteiger partial charge in [-0.15, -0.1) is 11.3 Å². The quantitative estimate of drug-likeness (QED) is 0.842. The Balaban J connectivity index is 2.31. The van der Waals surface area contributed by atoms with E-state index in [-0.39, 0.29) is 15.5 Å². The van der Waals surface area contributed by atoms with Gasteiger partial charge in [0.2, 0.25) is 0 Å². The minimum atomic E-state index is -3.76. The molecule has 1 aromatic heterocycles. The van der Waals surface area contributed by atoms with Crippen molar-refractivity contribution in [3.05, 3.63) is 40.8 Å². The van der Waals surface area contributed by atoms with Crippen molar-refractivity contribution in [1.29, 1.82) is 0 Å². The van der Waals surface area contributed by atoms with E-state index < -0.39 is 22.4 Å². The fourth-order valence-electron chi connectivity index (χ4n) is 1.49. The molecule has 0 amide bonds. The van der Waals surface area contributed by atoms with E-state index >= 15 is 0 Å². The third-order valence-electron chi connectivity index (χ3n) is 2.39. The summed E-state index contributed by atoms with van der Waals surface area (Å²) in [5.74, 6) is 4.13. The molecule has 0 fully saturated rings. The van der Waals surface area contributed by atoms with Gasteiger partial charge < -0.3 is 5.11 Å². The third-order valence-corrected chi connectivity index (χ3v) is 5.14. The van der Waals surface area contributed by atoms with Crippen LogP contribution in [0.1, 0.15) is 10.6 Å². The van der Waals surface area contributed by atoms with E-state index in [1.165, 1.54) is 18.3 Å².